The fraction of sp³-hybridized carbons (Fsp3) is 0.471. The van der Waals surface area contributed by atoms with Gasteiger partial charge in [-0.15, -0.1) is 0 Å². The molecule has 4 heteroatoms. The second kappa shape index (κ2) is 5.53. The number of nitrogen functional groups attached to an aromatic ring is 1. The number of hydrogen-bond donors (Lipinski definition) is 2. The third kappa shape index (κ3) is 2.56. The number of aliphatic hydroxyl groups excluding tert-OH is 1. The number of likely N-dealkylation sites (N-methyl/N-ethyl adjacent to an activating group) is 1. The molecule has 2 atom stereocenters. The number of pyridine rings is 1. The van der Waals surface area contributed by atoms with Crippen molar-refractivity contribution in [1.29, 1.82) is 0 Å². The van der Waals surface area contributed by atoms with Crippen LogP contribution in [0.1, 0.15) is 31.4 Å². The van der Waals surface area contributed by atoms with Gasteiger partial charge in [-0.2, -0.15) is 0 Å². The third-order valence-electron chi connectivity index (χ3n) is 4.62. The van der Waals surface area contributed by atoms with Gasteiger partial charge in [0.15, 0.2) is 0 Å². The molecule has 0 amide bonds. The number of nitrogens with zero attached hydrogens (tertiary/aromatic N) is 2. The number of fused-ring (bicyclic) bond motifs is 1. The Morgan fingerprint density at radius 1 is 1.24 bits per heavy atom. The van der Waals surface area contributed by atoms with Gasteiger partial charge in [0.05, 0.1) is 12.1 Å². The number of benzene rings is 1. The lowest BCUT2D eigenvalue weighted by atomic mass is 9.91. The molecule has 0 saturated heterocycles. The molecule has 4 nitrogen and oxygen atoms in total. The van der Waals surface area contributed by atoms with Gasteiger partial charge >= 0.3 is 0 Å². The molecule has 0 radical (unpaired) electrons. The normalized spacial score (nSPS) is 22.4. The summed E-state index contributed by atoms with van der Waals surface area (Å²) in [6, 6.07) is 6.24. The van der Waals surface area contributed by atoms with Crippen molar-refractivity contribution in [2.75, 3.05) is 17.7 Å². The molecule has 1 aliphatic rings. The van der Waals surface area contributed by atoms with Crippen molar-refractivity contribution in [2.45, 2.75) is 44.8 Å². The highest BCUT2D eigenvalue weighted by atomic mass is 16.3. The molecule has 3 rings (SSSR count). The van der Waals surface area contributed by atoms with Gasteiger partial charge < -0.3 is 15.7 Å². The van der Waals surface area contributed by atoms with Crippen molar-refractivity contribution in [2.24, 2.45) is 0 Å². The van der Waals surface area contributed by atoms with Crippen LogP contribution >= 0.6 is 0 Å². The predicted molar refractivity (Wildman–Crippen MR) is 87.6 cm³/mol. The highest BCUT2D eigenvalue weighted by molar-refractivity contribution is 6.01. The maximum absolute atomic E-state index is 10.3. The Labute approximate surface area is 125 Å². The topological polar surface area (TPSA) is 62.4 Å². The van der Waals surface area contributed by atoms with E-state index in [0.717, 1.165) is 47.1 Å². The van der Waals surface area contributed by atoms with Crippen LogP contribution in [0.5, 0.6) is 0 Å². The molecule has 2 aromatic rings. The van der Waals surface area contributed by atoms with Gasteiger partial charge in [-0.1, -0.05) is 12.8 Å². The fourth-order valence-corrected chi connectivity index (χ4v) is 3.38. The van der Waals surface area contributed by atoms with Crippen molar-refractivity contribution in [3.8, 4) is 0 Å². The van der Waals surface area contributed by atoms with Crippen LogP contribution in [-0.4, -0.2) is 29.3 Å². The Hall–Kier alpha value is -1.81. The number of aryl methyl sites for hydroxylation is 1. The Balaban J connectivity index is 2.07. The van der Waals surface area contributed by atoms with E-state index in [2.05, 4.69) is 29.1 Å². The van der Waals surface area contributed by atoms with E-state index >= 15 is 0 Å². The van der Waals surface area contributed by atoms with Gasteiger partial charge in [-0.3, -0.25) is 4.98 Å². The minimum Gasteiger partial charge on any atom is -0.398 e. The molecule has 1 heterocycles. The second-order valence-corrected chi connectivity index (χ2v) is 6.08. The number of nitrogens with two attached hydrogens (primary N) is 1. The zero-order chi connectivity index (χ0) is 15.0. The lowest BCUT2D eigenvalue weighted by molar-refractivity contribution is 0.106. The van der Waals surface area contributed by atoms with Crippen LogP contribution in [0.4, 0.5) is 11.4 Å². The Kier molecular flexibility index (Phi) is 3.72. The molecule has 1 aromatic carbocycles. The Morgan fingerprint density at radius 2 is 2.00 bits per heavy atom. The number of anilines is 2. The van der Waals surface area contributed by atoms with Crippen LogP contribution in [0.15, 0.2) is 24.4 Å². The van der Waals surface area contributed by atoms with Gasteiger partial charge in [0.1, 0.15) is 0 Å². The second-order valence-electron chi connectivity index (χ2n) is 6.08. The molecule has 1 aromatic heterocycles. The maximum atomic E-state index is 10.3. The van der Waals surface area contributed by atoms with Crippen LogP contribution < -0.4 is 10.6 Å². The third-order valence-corrected chi connectivity index (χ3v) is 4.62. The lowest BCUT2D eigenvalue weighted by Gasteiger charge is -2.37. The molecule has 3 N–H and O–H groups in total. The maximum Gasteiger partial charge on any atom is 0.0743 e. The average Bonchev–Trinajstić information content (AvgIpc) is 2.47. The molecule has 0 spiro atoms. The monoisotopic (exact) mass is 285 g/mol. The van der Waals surface area contributed by atoms with E-state index in [1.807, 2.05) is 19.2 Å². The molecule has 1 saturated carbocycles. The standard InChI is InChI=1S/C17H23N3O/c1-11-9-12-13(10-19-11)14(18)7-8-15(12)20(2)16-5-3-4-6-17(16)21/h7-10,16-17,21H,3-6,18H2,1-2H3. The van der Waals surface area contributed by atoms with Crippen LogP contribution in [0, 0.1) is 6.92 Å². The number of hydrogen-bond acceptors (Lipinski definition) is 4. The van der Waals surface area contributed by atoms with Crippen LogP contribution in [0.25, 0.3) is 10.8 Å². The van der Waals surface area contributed by atoms with Gasteiger partial charge in [0.2, 0.25) is 0 Å². The molecule has 21 heavy (non-hydrogen) atoms. The fourth-order valence-electron chi connectivity index (χ4n) is 3.38. The first-order valence-electron chi connectivity index (χ1n) is 7.63. The quantitative estimate of drug-likeness (QED) is 0.833. The summed E-state index contributed by atoms with van der Waals surface area (Å²) in [4.78, 5) is 6.56. The van der Waals surface area contributed by atoms with Crippen LogP contribution in [0.2, 0.25) is 0 Å². The van der Waals surface area contributed by atoms with Gasteiger partial charge in [-0.25, -0.2) is 0 Å². The van der Waals surface area contributed by atoms with E-state index in [9.17, 15) is 5.11 Å². The molecule has 2 unspecified atom stereocenters. The van der Waals surface area contributed by atoms with Crippen LogP contribution in [-0.2, 0) is 0 Å². The van der Waals surface area contributed by atoms with Crippen molar-refractivity contribution >= 4 is 22.1 Å². The summed E-state index contributed by atoms with van der Waals surface area (Å²) in [6.45, 7) is 1.99. The van der Waals surface area contributed by atoms with Crippen molar-refractivity contribution < 1.29 is 5.11 Å². The van der Waals surface area contributed by atoms with Crippen LogP contribution in [0.3, 0.4) is 0 Å². The molecule has 1 aliphatic carbocycles. The van der Waals surface area contributed by atoms with E-state index in [1.165, 1.54) is 6.42 Å². The lowest BCUT2D eigenvalue weighted by Crippen LogP contribution is -2.43. The number of rotatable bonds is 2. The molecule has 112 valence electrons. The summed E-state index contributed by atoms with van der Waals surface area (Å²) in [5.41, 5.74) is 8.92. The first-order chi connectivity index (χ1) is 10.1. The summed E-state index contributed by atoms with van der Waals surface area (Å²) < 4.78 is 0. The molecule has 0 aliphatic heterocycles. The van der Waals surface area contributed by atoms with Crippen molar-refractivity contribution in [3.63, 3.8) is 0 Å². The van der Waals surface area contributed by atoms with E-state index < -0.39 is 0 Å². The minimum absolute atomic E-state index is 0.180. The highest BCUT2D eigenvalue weighted by Gasteiger charge is 2.27. The molecular formula is C17H23N3O. The molecular weight excluding hydrogens is 262 g/mol. The van der Waals surface area contributed by atoms with Gasteiger partial charge in [-0.05, 0) is 38.0 Å². The summed E-state index contributed by atoms with van der Waals surface area (Å²) in [6.07, 6.45) is 5.82. The van der Waals surface area contributed by atoms with E-state index in [0.29, 0.717) is 0 Å². The summed E-state index contributed by atoms with van der Waals surface area (Å²) in [5, 5.41) is 12.4. The summed E-state index contributed by atoms with van der Waals surface area (Å²) >= 11 is 0. The first kappa shape index (κ1) is 14.1. The largest absolute Gasteiger partial charge is 0.398 e. The Bertz CT molecular complexity index is 656. The van der Waals surface area contributed by atoms with Gasteiger partial charge in [0, 0.05) is 41.1 Å². The van der Waals surface area contributed by atoms with E-state index in [1.54, 1.807) is 0 Å². The first-order valence-corrected chi connectivity index (χ1v) is 7.63. The Morgan fingerprint density at radius 3 is 2.76 bits per heavy atom. The molecule has 0 bridgehead atoms. The summed E-state index contributed by atoms with van der Waals surface area (Å²) in [7, 11) is 2.07. The van der Waals surface area contributed by atoms with Gasteiger partial charge in [0.25, 0.3) is 0 Å². The zero-order valence-electron chi connectivity index (χ0n) is 12.7. The van der Waals surface area contributed by atoms with Crippen molar-refractivity contribution in [1.82, 2.24) is 4.98 Å². The average molecular weight is 285 g/mol. The molecule has 1 fully saturated rings. The SMILES string of the molecule is Cc1cc2c(N(C)C3CCCCC3O)ccc(N)c2cn1. The summed E-state index contributed by atoms with van der Waals surface area (Å²) in [5.74, 6) is 0. The van der Waals surface area contributed by atoms with Crippen molar-refractivity contribution in [3.05, 3.63) is 30.1 Å². The predicted octanol–water partition coefficient (Wildman–Crippen LogP) is 2.87. The number of aliphatic hydroxyl groups is 1. The highest BCUT2D eigenvalue weighted by Crippen LogP contribution is 2.34. The smallest absolute Gasteiger partial charge is 0.0743 e. The zero-order valence-corrected chi connectivity index (χ0v) is 12.7. The van der Waals surface area contributed by atoms with E-state index in [4.69, 9.17) is 5.73 Å². The minimum atomic E-state index is -0.251. The number of aromatic nitrogens is 1. The van der Waals surface area contributed by atoms with E-state index in [-0.39, 0.29) is 12.1 Å².